The molecule has 3 heteroatoms. The Morgan fingerprint density at radius 2 is 2.00 bits per heavy atom. The van der Waals surface area contributed by atoms with E-state index in [2.05, 4.69) is 6.58 Å². The molecule has 0 atom stereocenters. The van der Waals surface area contributed by atoms with E-state index in [1.54, 1.807) is 33.3 Å². The van der Waals surface area contributed by atoms with Gasteiger partial charge in [-0.1, -0.05) is 28.2 Å². The van der Waals surface area contributed by atoms with Gasteiger partial charge in [0.25, 0.3) is 0 Å². The van der Waals surface area contributed by atoms with E-state index in [-0.39, 0.29) is 0 Å². The lowest BCUT2D eigenvalue weighted by atomic mass is 11.3. The Morgan fingerprint density at radius 1 is 1.43 bits per heavy atom. The van der Waals surface area contributed by atoms with Gasteiger partial charge in [0.2, 0.25) is 0 Å². The van der Waals surface area contributed by atoms with Crippen LogP contribution in [0.2, 0.25) is 0 Å². The van der Waals surface area contributed by atoms with Crippen LogP contribution in [0.4, 0.5) is 0 Å². The SMILES string of the molecule is C=C(SC)SSC. The van der Waals surface area contributed by atoms with Crippen molar-refractivity contribution in [3.63, 3.8) is 0 Å². The lowest BCUT2D eigenvalue weighted by Crippen LogP contribution is -1.53. The highest BCUT2D eigenvalue weighted by Gasteiger charge is 1.85. The maximum absolute atomic E-state index is 3.77. The molecule has 0 aliphatic carbocycles. The highest BCUT2D eigenvalue weighted by molar-refractivity contribution is 8.79. The molecule has 0 spiro atoms. The minimum Gasteiger partial charge on any atom is -0.122 e. The Balaban J connectivity index is 3.00. The molecule has 0 aliphatic heterocycles. The summed E-state index contributed by atoms with van der Waals surface area (Å²) in [5, 5.41) is 0. The molecule has 0 aromatic carbocycles. The number of thioether (sulfide) groups is 1. The predicted octanol–water partition coefficient (Wildman–Crippen LogP) is 2.83. The monoisotopic (exact) mass is 152 g/mol. The summed E-state index contributed by atoms with van der Waals surface area (Å²) < 4.78 is 1.17. The fraction of sp³-hybridized carbons (Fsp3) is 0.500. The molecule has 0 radical (unpaired) electrons. The summed E-state index contributed by atoms with van der Waals surface area (Å²) >= 11 is 1.70. The van der Waals surface area contributed by atoms with Crippen LogP contribution in [0.25, 0.3) is 0 Å². The van der Waals surface area contributed by atoms with Gasteiger partial charge in [-0.25, -0.2) is 0 Å². The van der Waals surface area contributed by atoms with Gasteiger partial charge < -0.3 is 0 Å². The highest BCUT2D eigenvalue weighted by atomic mass is 33.1. The summed E-state index contributed by atoms with van der Waals surface area (Å²) in [5.74, 6) is 0. The summed E-state index contributed by atoms with van der Waals surface area (Å²) in [6.07, 6.45) is 4.08. The van der Waals surface area contributed by atoms with Gasteiger partial charge in [-0.05, 0) is 12.5 Å². The molecule has 0 aromatic heterocycles. The fourth-order valence-electron chi connectivity index (χ4n) is 0.127. The molecule has 0 saturated carbocycles. The molecule has 0 aliphatic rings. The number of rotatable bonds is 3. The molecule has 0 bridgehead atoms. The van der Waals surface area contributed by atoms with E-state index < -0.39 is 0 Å². The van der Waals surface area contributed by atoms with Crippen LogP contribution in [0.3, 0.4) is 0 Å². The quantitative estimate of drug-likeness (QED) is 0.571. The molecule has 0 heterocycles. The van der Waals surface area contributed by atoms with E-state index in [1.807, 2.05) is 12.5 Å². The summed E-state index contributed by atoms with van der Waals surface area (Å²) in [6.45, 7) is 3.77. The fourth-order valence-corrected chi connectivity index (χ4v) is 2.37. The van der Waals surface area contributed by atoms with Crippen molar-refractivity contribution in [2.75, 3.05) is 12.5 Å². The maximum atomic E-state index is 3.77. The molecular formula is C4H8S3. The minimum atomic E-state index is 1.17. The third-order valence-electron chi connectivity index (χ3n) is 0.404. The van der Waals surface area contributed by atoms with Crippen LogP contribution in [0, 0.1) is 0 Å². The first-order valence-electron chi connectivity index (χ1n) is 1.74. The van der Waals surface area contributed by atoms with Crippen LogP contribution in [0.1, 0.15) is 0 Å². The number of hydrogen-bond acceptors (Lipinski definition) is 3. The first kappa shape index (κ1) is 7.79. The Bertz CT molecular complexity index is 60.0. The zero-order chi connectivity index (χ0) is 5.70. The van der Waals surface area contributed by atoms with E-state index >= 15 is 0 Å². The molecule has 0 amide bonds. The normalized spacial score (nSPS) is 8.86. The van der Waals surface area contributed by atoms with Crippen molar-refractivity contribution in [2.45, 2.75) is 0 Å². The topological polar surface area (TPSA) is 0 Å². The van der Waals surface area contributed by atoms with Gasteiger partial charge in [-0.3, -0.25) is 0 Å². The van der Waals surface area contributed by atoms with Crippen LogP contribution >= 0.6 is 33.3 Å². The van der Waals surface area contributed by atoms with E-state index in [1.165, 1.54) is 4.24 Å². The second-order valence-electron chi connectivity index (χ2n) is 0.826. The molecular weight excluding hydrogens is 144 g/mol. The first-order chi connectivity index (χ1) is 3.31. The molecule has 0 fully saturated rings. The third-order valence-corrected chi connectivity index (χ3v) is 3.38. The van der Waals surface area contributed by atoms with Crippen molar-refractivity contribution in [1.29, 1.82) is 0 Å². The van der Waals surface area contributed by atoms with Crippen LogP contribution in [0.15, 0.2) is 10.8 Å². The summed E-state index contributed by atoms with van der Waals surface area (Å²) in [4.78, 5) is 0. The number of hydrogen-bond donors (Lipinski definition) is 0. The van der Waals surface area contributed by atoms with Gasteiger partial charge in [0.15, 0.2) is 0 Å². The largest absolute Gasteiger partial charge is 0.122 e. The van der Waals surface area contributed by atoms with Crippen molar-refractivity contribution in [1.82, 2.24) is 0 Å². The van der Waals surface area contributed by atoms with Crippen molar-refractivity contribution in [3.05, 3.63) is 10.8 Å². The zero-order valence-electron chi connectivity index (χ0n) is 4.43. The first-order valence-corrected chi connectivity index (χ1v) is 5.53. The molecule has 0 nitrogen and oxygen atoms in total. The summed E-state index contributed by atoms with van der Waals surface area (Å²) in [6, 6.07) is 0. The van der Waals surface area contributed by atoms with Gasteiger partial charge in [0.1, 0.15) is 0 Å². The van der Waals surface area contributed by atoms with E-state index in [0.29, 0.717) is 0 Å². The summed E-state index contributed by atoms with van der Waals surface area (Å²) in [7, 11) is 3.45. The minimum absolute atomic E-state index is 1.17. The maximum Gasteiger partial charge on any atom is 0.0435 e. The van der Waals surface area contributed by atoms with Gasteiger partial charge in [-0.2, -0.15) is 0 Å². The van der Waals surface area contributed by atoms with E-state index in [4.69, 9.17) is 0 Å². The third kappa shape index (κ3) is 4.65. The average molecular weight is 152 g/mol. The zero-order valence-corrected chi connectivity index (χ0v) is 6.88. The van der Waals surface area contributed by atoms with Gasteiger partial charge in [-0.15, -0.1) is 11.8 Å². The van der Waals surface area contributed by atoms with E-state index in [0.717, 1.165) is 0 Å². The van der Waals surface area contributed by atoms with Crippen molar-refractivity contribution in [3.8, 4) is 0 Å². The van der Waals surface area contributed by atoms with Crippen LogP contribution in [0.5, 0.6) is 0 Å². The second kappa shape index (κ2) is 4.94. The van der Waals surface area contributed by atoms with Gasteiger partial charge >= 0.3 is 0 Å². The lowest BCUT2D eigenvalue weighted by Gasteiger charge is -1.92. The van der Waals surface area contributed by atoms with Crippen LogP contribution in [-0.2, 0) is 0 Å². The lowest BCUT2D eigenvalue weighted by molar-refractivity contribution is 2.41. The molecule has 0 N–H and O–H groups in total. The van der Waals surface area contributed by atoms with Gasteiger partial charge in [0.05, 0.1) is 0 Å². The van der Waals surface area contributed by atoms with E-state index in [9.17, 15) is 0 Å². The van der Waals surface area contributed by atoms with Crippen molar-refractivity contribution < 1.29 is 0 Å². The standard InChI is InChI=1S/C4H8S3/c1-4(5-2)7-6-3/h1H2,2-3H3. The molecule has 0 unspecified atom stereocenters. The average Bonchev–Trinajstić information content (AvgIpc) is 1.68. The summed E-state index contributed by atoms with van der Waals surface area (Å²) in [5.41, 5.74) is 0. The Kier molecular flexibility index (Phi) is 5.49. The molecule has 7 heavy (non-hydrogen) atoms. The highest BCUT2D eigenvalue weighted by Crippen LogP contribution is 2.32. The van der Waals surface area contributed by atoms with Gasteiger partial charge in [0, 0.05) is 4.24 Å². The van der Waals surface area contributed by atoms with Crippen LogP contribution < -0.4 is 0 Å². The smallest absolute Gasteiger partial charge is 0.0435 e. The Morgan fingerprint density at radius 3 is 2.14 bits per heavy atom. The second-order valence-corrected chi connectivity index (χ2v) is 4.48. The van der Waals surface area contributed by atoms with Crippen molar-refractivity contribution in [2.24, 2.45) is 0 Å². The Hall–Kier alpha value is 0.790. The molecule has 42 valence electrons. The molecule has 0 saturated heterocycles. The molecule has 0 rings (SSSR count). The predicted molar refractivity (Wildman–Crippen MR) is 43.8 cm³/mol. The molecule has 0 aromatic rings. The Labute approximate surface area is 56.9 Å². The van der Waals surface area contributed by atoms with Crippen molar-refractivity contribution >= 4 is 33.3 Å². The van der Waals surface area contributed by atoms with Crippen LogP contribution in [-0.4, -0.2) is 12.5 Å².